The smallest absolute Gasteiger partial charge is 0.270 e. The molecule has 1 heterocycles. The summed E-state index contributed by atoms with van der Waals surface area (Å²) < 4.78 is 11.0. The van der Waals surface area contributed by atoms with Crippen molar-refractivity contribution in [2.45, 2.75) is 0 Å². The first-order valence-electron chi connectivity index (χ1n) is 10.7. The largest absolute Gasteiger partial charge is 0.493 e. The summed E-state index contributed by atoms with van der Waals surface area (Å²) in [6.45, 7) is -0.236. The lowest BCUT2D eigenvalue weighted by molar-refractivity contribution is -0.122. The first-order valence-corrected chi connectivity index (χ1v) is 11.5. The van der Waals surface area contributed by atoms with Crippen molar-refractivity contribution in [1.82, 2.24) is 5.32 Å². The molecule has 3 aromatic carbocycles. The second kappa shape index (κ2) is 11.0. The first-order chi connectivity index (χ1) is 17.4. The van der Waals surface area contributed by atoms with Crippen molar-refractivity contribution in [1.29, 1.82) is 0 Å². The van der Waals surface area contributed by atoms with Crippen LogP contribution in [0, 0.1) is 0 Å². The summed E-state index contributed by atoms with van der Waals surface area (Å²) in [4.78, 5) is 39.1. The molecule has 0 aliphatic carbocycles. The molecule has 3 aromatic rings. The fourth-order valence-electron chi connectivity index (χ4n) is 3.40. The van der Waals surface area contributed by atoms with Gasteiger partial charge in [-0.15, -0.1) is 0 Å². The molecule has 182 valence electrons. The number of para-hydroxylation sites is 1. The topological polar surface area (TPSA) is 97.0 Å². The van der Waals surface area contributed by atoms with Gasteiger partial charge in [0, 0.05) is 10.7 Å². The molecule has 0 bridgehead atoms. The standard InChI is InChI=1S/C26H20ClN3O5S/c1-34-22-14-16(7-12-21(22)35-15-23(31)28-18-5-3-2-4-6-18)13-20-24(32)29-26(36)30(25(20)33)19-10-8-17(27)9-11-19/h2-14H,15H2,1H3,(H,28,31)(H,29,32,36)/b20-13-. The van der Waals surface area contributed by atoms with Gasteiger partial charge in [-0.1, -0.05) is 35.9 Å². The monoisotopic (exact) mass is 521 g/mol. The van der Waals surface area contributed by atoms with Crippen LogP contribution in [0.4, 0.5) is 11.4 Å². The Labute approximate surface area is 217 Å². The van der Waals surface area contributed by atoms with Crippen molar-refractivity contribution in [2.75, 3.05) is 23.9 Å². The van der Waals surface area contributed by atoms with Gasteiger partial charge in [0.05, 0.1) is 12.8 Å². The molecule has 1 aliphatic heterocycles. The number of amides is 3. The first kappa shape index (κ1) is 24.9. The van der Waals surface area contributed by atoms with Gasteiger partial charge in [-0.2, -0.15) is 0 Å². The number of hydrogen-bond acceptors (Lipinski definition) is 6. The number of hydrogen-bond donors (Lipinski definition) is 2. The molecule has 4 rings (SSSR count). The highest BCUT2D eigenvalue weighted by Crippen LogP contribution is 2.30. The normalized spacial score (nSPS) is 14.4. The number of benzene rings is 3. The summed E-state index contributed by atoms with van der Waals surface area (Å²) in [5.41, 5.74) is 1.52. The predicted molar refractivity (Wildman–Crippen MR) is 141 cm³/mol. The minimum Gasteiger partial charge on any atom is -0.493 e. The van der Waals surface area contributed by atoms with E-state index in [1.165, 1.54) is 18.1 Å². The van der Waals surface area contributed by atoms with Crippen LogP contribution in [-0.2, 0) is 14.4 Å². The highest BCUT2D eigenvalue weighted by Gasteiger charge is 2.34. The summed E-state index contributed by atoms with van der Waals surface area (Å²) in [6.07, 6.45) is 1.43. The molecule has 2 N–H and O–H groups in total. The summed E-state index contributed by atoms with van der Waals surface area (Å²) in [5, 5.41) is 5.73. The van der Waals surface area contributed by atoms with E-state index in [4.69, 9.17) is 33.3 Å². The lowest BCUT2D eigenvalue weighted by Gasteiger charge is -2.29. The van der Waals surface area contributed by atoms with E-state index in [2.05, 4.69) is 10.6 Å². The van der Waals surface area contributed by atoms with Crippen LogP contribution in [0.5, 0.6) is 11.5 Å². The van der Waals surface area contributed by atoms with E-state index in [-0.39, 0.29) is 23.2 Å². The van der Waals surface area contributed by atoms with Crippen LogP contribution < -0.4 is 25.0 Å². The molecule has 0 spiro atoms. The van der Waals surface area contributed by atoms with Crippen molar-refractivity contribution >= 4 is 64.1 Å². The second-order valence-electron chi connectivity index (χ2n) is 7.55. The average Bonchev–Trinajstić information content (AvgIpc) is 2.87. The molecule has 8 nitrogen and oxygen atoms in total. The minimum atomic E-state index is -0.618. The Kier molecular flexibility index (Phi) is 7.62. The van der Waals surface area contributed by atoms with Crippen molar-refractivity contribution < 1.29 is 23.9 Å². The number of halogens is 1. The van der Waals surface area contributed by atoms with Gasteiger partial charge in [0.15, 0.2) is 23.2 Å². The number of carbonyl (C=O) groups is 3. The van der Waals surface area contributed by atoms with E-state index in [1.807, 2.05) is 18.2 Å². The fraction of sp³-hybridized carbons (Fsp3) is 0.0769. The Morgan fingerprint density at radius 3 is 2.47 bits per heavy atom. The van der Waals surface area contributed by atoms with E-state index >= 15 is 0 Å². The highest BCUT2D eigenvalue weighted by molar-refractivity contribution is 7.80. The Balaban J connectivity index is 1.51. The third-order valence-corrected chi connectivity index (χ3v) is 5.64. The molecule has 0 aromatic heterocycles. The maximum absolute atomic E-state index is 13.2. The van der Waals surface area contributed by atoms with E-state index in [9.17, 15) is 14.4 Å². The van der Waals surface area contributed by atoms with Crippen molar-refractivity contribution in [2.24, 2.45) is 0 Å². The van der Waals surface area contributed by atoms with Crippen LogP contribution in [0.15, 0.2) is 78.4 Å². The number of rotatable bonds is 7. The molecule has 1 saturated heterocycles. The van der Waals surface area contributed by atoms with Gasteiger partial charge < -0.3 is 14.8 Å². The highest BCUT2D eigenvalue weighted by atomic mass is 35.5. The third kappa shape index (κ3) is 5.70. The molecule has 3 amide bonds. The molecular formula is C26H20ClN3O5S. The van der Waals surface area contributed by atoms with Gasteiger partial charge in [-0.3, -0.25) is 24.6 Å². The van der Waals surface area contributed by atoms with Crippen LogP contribution in [0.2, 0.25) is 5.02 Å². The Hall–Kier alpha value is -4.21. The number of carbonyl (C=O) groups excluding carboxylic acids is 3. The van der Waals surface area contributed by atoms with Crippen LogP contribution >= 0.6 is 23.8 Å². The molecule has 1 fully saturated rings. The van der Waals surface area contributed by atoms with Gasteiger partial charge >= 0.3 is 0 Å². The van der Waals surface area contributed by atoms with E-state index in [0.29, 0.717) is 33.5 Å². The van der Waals surface area contributed by atoms with Crippen molar-refractivity contribution in [3.8, 4) is 11.5 Å². The number of nitrogens with one attached hydrogen (secondary N) is 2. The van der Waals surface area contributed by atoms with Crippen LogP contribution in [0.25, 0.3) is 6.08 Å². The number of anilines is 2. The molecule has 1 aliphatic rings. The van der Waals surface area contributed by atoms with E-state index in [0.717, 1.165) is 0 Å². The zero-order valence-electron chi connectivity index (χ0n) is 19.0. The predicted octanol–water partition coefficient (Wildman–Crippen LogP) is 4.20. The average molecular weight is 522 g/mol. The van der Waals surface area contributed by atoms with E-state index in [1.54, 1.807) is 54.6 Å². The Morgan fingerprint density at radius 2 is 1.78 bits per heavy atom. The van der Waals surface area contributed by atoms with Crippen molar-refractivity contribution in [3.05, 3.63) is 89.0 Å². The summed E-state index contributed by atoms with van der Waals surface area (Å²) in [7, 11) is 1.45. The lowest BCUT2D eigenvalue weighted by Crippen LogP contribution is -2.54. The SMILES string of the molecule is COc1cc(/C=C2/C(=O)NC(=S)N(c3ccc(Cl)cc3)C2=O)ccc1OCC(=O)Nc1ccccc1. The van der Waals surface area contributed by atoms with Gasteiger partial charge in [0.25, 0.3) is 17.7 Å². The fourth-order valence-corrected chi connectivity index (χ4v) is 3.81. The molecule has 0 radical (unpaired) electrons. The number of methoxy groups -OCH3 is 1. The summed E-state index contributed by atoms with van der Waals surface area (Å²) in [6, 6.07) is 20.3. The number of ether oxygens (including phenoxy) is 2. The molecule has 10 heteroatoms. The summed E-state index contributed by atoms with van der Waals surface area (Å²) in [5.74, 6) is -0.885. The zero-order chi connectivity index (χ0) is 25.7. The van der Waals surface area contributed by atoms with E-state index < -0.39 is 11.8 Å². The van der Waals surface area contributed by atoms with Gasteiger partial charge in [-0.05, 0) is 72.4 Å². The van der Waals surface area contributed by atoms with Gasteiger partial charge in [0.2, 0.25) is 0 Å². The quantitative estimate of drug-likeness (QED) is 0.275. The molecule has 0 atom stereocenters. The maximum Gasteiger partial charge on any atom is 0.270 e. The number of thiocarbonyl (C=S) groups is 1. The Bertz CT molecular complexity index is 1360. The second-order valence-corrected chi connectivity index (χ2v) is 8.37. The van der Waals surface area contributed by atoms with Crippen LogP contribution in [0.3, 0.4) is 0 Å². The van der Waals surface area contributed by atoms with Gasteiger partial charge in [-0.25, -0.2) is 0 Å². The Morgan fingerprint density at radius 1 is 1.06 bits per heavy atom. The zero-order valence-corrected chi connectivity index (χ0v) is 20.6. The van der Waals surface area contributed by atoms with Crippen LogP contribution in [0.1, 0.15) is 5.56 Å². The maximum atomic E-state index is 13.2. The molecular weight excluding hydrogens is 502 g/mol. The third-order valence-electron chi connectivity index (χ3n) is 5.10. The number of nitrogens with zero attached hydrogens (tertiary/aromatic N) is 1. The lowest BCUT2D eigenvalue weighted by atomic mass is 10.1. The van der Waals surface area contributed by atoms with Gasteiger partial charge in [0.1, 0.15) is 5.57 Å². The molecule has 0 unspecified atom stereocenters. The molecule has 36 heavy (non-hydrogen) atoms. The summed E-state index contributed by atoms with van der Waals surface area (Å²) >= 11 is 11.1. The molecule has 0 saturated carbocycles. The van der Waals surface area contributed by atoms with Crippen molar-refractivity contribution in [3.63, 3.8) is 0 Å². The van der Waals surface area contributed by atoms with Crippen LogP contribution in [-0.4, -0.2) is 36.6 Å². The minimum absolute atomic E-state index is 0.0282.